The first-order valence-corrected chi connectivity index (χ1v) is 5.48. The lowest BCUT2D eigenvalue weighted by molar-refractivity contribution is -0.107. The molecule has 1 amide bonds. The van der Waals surface area contributed by atoms with Crippen molar-refractivity contribution in [2.75, 3.05) is 11.9 Å². The van der Waals surface area contributed by atoms with Gasteiger partial charge in [0.05, 0.1) is 0 Å². The highest BCUT2D eigenvalue weighted by Gasteiger charge is 2.05. The van der Waals surface area contributed by atoms with Crippen molar-refractivity contribution in [2.45, 2.75) is 0 Å². The summed E-state index contributed by atoms with van der Waals surface area (Å²) in [6, 6.07) is 14.2. The lowest BCUT2D eigenvalue weighted by atomic mass is 10.1. The molecule has 1 aromatic heterocycles. The molecule has 0 aliphatic rings. The van der Waals surface area contributed by atoms with Crippen LogP contribution in [0, 0.1) is 0 Å². The van der Waals surface area contributed by atoms with Gasteiger partial charge in [0.2, 0.25) is 6.41 Å². The fourth-order valence-corrected chi connectivity index (χ4v) is 2.12. The van der Waals surface area contributed by atoms with Crippen LogP contribution >= 0.6 is 0 Å². The molecular formula is C14H12N2O. The molecule has 1 N–H and O–H groups in total. The number of hydrogen-bond acceptors (Lipinski definition) is 1. The molecule has 0 fully saturated rings. The molecule has 0 saturated carbocycles. The van der Waals surface area contributed by atoms with Crippen LogP contribution in [0.5, 0.6) is 0 Å². The van der Waals surface area contributed by atoms with Crippen molar-refractivity contribution < 1.29 is 4.79 Å². The molecule has 0 atom stereocenters. The quantitative estimate of drug-likeness (QED) is 0.667. The number of para-hydroxylation sites is 1. The molecule has 0 unspecified atom stereocenters. The summed E-state index contributed by atoms with van der Waals surface area (Å²) >= 11 is 0. The van der Waals surface area contributed by atoms with Crippen LogP contribution in [0.1, 0.15) is 0 Å². The second kappa shape index (κ2) is 3.63. The first kappa shape index (κ1) is 9.90. The summed E-state index contributed by atoms with van der Waals surface area (Å²) in [6.45, 7) is 0. The molecule has 0 bridgehead atoms. The summed E-state index contributed by atoms with van der Waals surface area (Å²) in [5.74, 6) is 0. The van der Waals surface area contributed by atoms with Crippen LogP contribution < -0.4 is 4.90 Å². The third-order valence-electron chi connectivity index (χ3n) is 3.06. The predicted octanol–water partition coefficient (Wildman–Crippen LogP) is 2.91. The van der Waals surface area contributed by atoms with E-state index < -0.39 is 0 Å². The fourth-order valence-electron chi connectivity index (χ4n) is 2.12. The Morgan fingerprint density at radius 3 is 2.65 bits per heavy atom. The number of nitrogens with one attached hydrogen (secondary N) is 1. The smallest absolute Gasteiger partial charge is 0.213 e. The molecule has 3 heteroatoms. The van der Waals surface area contributed by atoms with Gasteiger partial charge < -0.3 is 9.88 Å². The number of carbonyl (C=O) groups is 1. The Labute approximate surface area is 98.7 Å². The zero-order valence-corrected chi connectivity index (χ0v) is 9.47. The van der Waals surface area contributed by atoms with Crippen LogP contribution in [0.2, 0.25) is 0 Å². The van der Waals surface area contributed by atoms with Gasteiger partial charge in [0.1, 0.15) is 0 Å². The first-order chi connectivity index (χ1) is 8.29. The van der Waals surface area contributed by atoms with E-state index in [4.69, 9.17) is 0 Å². The first-order valence-electron chi connectivity index (χ1n) is 5.48. The number of amides is 1. The monoisotopic (exact) mass is 224 g/mol. The van der Waals surface area contributed by atoms with Gasteiger partial charge in [-0.25, -0.2) is 0 Å². The van der Waals surface area contributed by atoms with E-state index in [0.29, 0.717) is 0 Å². The third kappa shape index (κ3) is 1.47. The van der Waals surface area contributed by atoms with Gasteiger partial charge in [0.25, 0.3) is 0 Å². The van der Waals surface area contributed by atoms with Gasteiger partial charge in [-0.2, -0.15) is 0 Å². The lowest BCUT2D eigenvalue weighted by Crippen LogP contribution is -2.13. The number of rotatable bonds is 2. The molecule has 0 saturated heterocycles. The van der Waals surface area contributed by atoms with Crippen LogP contribution in [0.25, 0.3) is 21.8 Å². The number of anilines is 1. The van der Waals surface area contributed by atoms with Crippen LogP contribution in [0.3, 0.4) is 0 Å². The maximum Gasteiger partial charge on any atom is 0.213 e. The van der Waals surface area contributed by atoms with Crippen LogP contribution in [-0.2, 0) is 4.79 Å². The Bertz CT molecular complexity index is 700. The minimum Gasteiger partial charge on any atom is -0.354 e. The van der Waals surface area contributed by atoms with Crippen LogP contribution in [-0.4, -0.2) is 18.4 Å². The van der Waals surface area contributed by atoms with E-state index in [0.717, 1.165) is 23.1 Å². The van der Waals surface area contributed by atoms with E-state index in [2.05, 4.69) is 17.1 Å². The van der Waals surface area contributed by atoms with Gasteiger partial charge >= 0.3 is 0 Å². The summed E-state index contributed by atoms with van der Waals surface area (Å²) in [6.07, 6.45) is 0.809. The van der Waals surface area contributed by atoms with Gasteiger partial charge in [-0.3, -0.25) is 4.79 Å². The Morgan fingerprint density at radius 2 is 1.82 bits per heavy atom. The highest BCUT2D eigenvalue weighted by atomic mass is 16.1. The van der Waals surface area contributed by atoms with E-state index >= 15 is 0 Å². The largest absolute Gasteiger partial charge is 0.354 e. The van der Waals surface area contributed by atoms with E-state index in [1.54, 1.807) is 11.9 Å². The standard InChI is InChI=1S/C14H12N2O/c1-16(9-17)10-6-7-12-11-4-2-3-5-13(11)15-14(12)8-10/h2-9,15H,1H3. The minimum absolute atomic E-state index is 0.809. The maximum absolute atomic E-state index is 10.7. The third-order valence-corrected chi connectivity index (χ3v) is 3.06. The van der Waals surface area contributed by atoms with E-state index in [-0.39, 0.29) is 0 Å². The summed E-state index contributed by atoms with van der Waals surface area (Å²) in [5, 5.41) is 2.39. The Hall–Kier alpha value is -2.29. The van der Waals surface area contributed by atoms with Gasteiger partial charge in [0.15, 0.2) is 0 Å². The number of benzene rings is 2. The average molecular weight is 224 g/mol. The lowest BCUT2D eigenvalue weighted by Gasteiger charge is -2.09. The molecule has 3 nitrogen and oxygen atoms in total. The molecule has 1 heterocycles. The van der Waals surface area contributed by atoms with Gasteiger partial charge in [-0.05, 0) is 18.2 Å². The molecule has 84 valence electrons. The van der Waals surface area contributed by atoms with Crippen molar-refractivity contribution in [1.82, 2.24) is 4.98 Å². The molecule has 3 rings (SSSR count). The van der Waals surface area contributed by atoms with Crippen molar-refractivity contribution in [3.63, 3.8) is 0 Å². The van der Waals surface area contributed by atoms with Gasteiger partial charge in [0, 0.05) is 34.5 Å². The van der Waals surface area contributed by atoms with E-state index in [9.17, 15) is 4.79 Å². The molecule has 2 aromatic carbocycles. The highest BCUT2D eigenvalue weighted by molar-refractivity contribution is 6.08. The van der Waals surface area contributed by atoms with Crippen LogP contribution in [0.15, 0.2) is 42.5 Å². The molecule has 17 heavy (non-hydrogen) atoms. The number of nitrogens with zero attached hydrogens (tertiary/aromatic N) is 1. The van der Waals surface area contributed by atoms with Crippen molar-refractivity contribution in [1.29, 1.82) is 0 Å². The summed E-state index contributed by atoms with van der Waals surface area (Å²) in [4.78, 5) is 15.6. The van der Waals surface area contributed by atoms with Crippen molar-refractivity contribution in [3.05, 3.63) is 42.5 Å². The average Bonchev–Trinajstić information content (AvgIpc) is 2.75. The number of fused-ring (bicyclic) bond motifs is 3. The van der Waals surface area contributed by atoms with Crippen molar-refractivity contribution in [2.24, 2.45) is 0 Å². The Kier molecular flexibility index (Phi) is 2.11. The minimum atomic E-state index is 0.809. The zero-order valence-electron chi connectivity index (χ0n) is 9.47. The topological polar surface area (TPSA) is 36.1 Å². The maximum atomic E-state index is 10.7. The molecule has 0 spiro atoms. The molecular weight excluding hydrogens is 212 g/mol. The fraction of sp³-hybridized carbons (Fsp3) is 0.0714. The SMILES string of the molecule is CN(C=O)c1ccc2c(c1)[nH]c1ccccc12. The summed E-state index contributed by atoms with van der Waals surface area (Å²) in [7, 11) is 1.75. The normalized spacial score (nSPS) is 10.9. The van der Waals surface area contributed by atoms with E-state index in [1.165, 1.54) is 10.8 Å². The zero-order chi connectivity index (χ0) is 11.8. The molecule has 0 aliphatic carbocycles. The van der Waals surface area contributed by atoms with Crippen molar-refractivity contribution >= 4 is 33.9 Å². The van der Waals surface area contributed by atoms with Gasteiger partial charge in [-0.15, -0.1) is 0 Å². The molecule has 0 radical (unpaired) electrons. The second-order valence-electron chi connectivity index (χ2n) is 4.12. The molecule has 0 aliphatic heterocycles. The molecule has 3 aromatic rings. The summed E-state index contributed by atoms with van der Waals surface area (Å²) in [5.41, 5.74) is 3.06. The number of hydrogen-bond donors (Lipinski definition) is 1. The van der Waals surface area contributed by atoms with Gasteiger partial charge in [-0.1, -0.05) is 24.3 Å². The Morgan fingerprint density at radius 1 is 1.06 bits per heavy atom. The highest BCUT2D eigenvalue weighted by Crippen LogP contribution is 2.27. The van der Waals surface area contributed by atoms with Crippen LogP contribution in [0.4, 0.5) is 5.69 Å². The number of aromatic amines is 1. The van der Waals surface area contributed by atoms with E-state index in [1.807, 2.05) is 30.3 Å². The Balaban J connectivity index is 2.30. The number of aromatic nitrogens is 1. The number of H-pyrrole nitrogens is 1. The van der Waals surface area contributed by atoms with Crippen molar-refractivity contribution in [3.8, 4) is 0 Å². The second-order valence-corrected chi connectivity index (χ2v) is 4.12. The predicted molar refractivity (Wildman–Crippen MR) is 70.3 cm³/mol. The summed E-state index contributed by atoms with van der Waals surface area (Å²) < 4.78 is 0. The number of carbonyl (C=O) groups excluding carboxylic acids is 1.